The Hall–Kier alpha value is -2.56. The van der Waals surface area contributed by atoms with Gasteiger partial charge in [0.2, 0.25) is 0 Å². The van der Waals surface area contributed by atoms with E-state index >= 15 is 0 Å². The van der Waals surface area contributed by atoms with Gasteiger partial charge in [-0.15, -0.1) is 0 Å². The van der Waals surface area contributed by atoms with Gasteiger partial charge in [-0.1, -0.05) is 44.2 Å². The Morgan fingerprint density at radius 2 is 2.04 bits per heavy atom. The van der Waals surface area contributed by atoms with E-state index in [1.807, 2.05) is 22.9 Å². The molecule has 120 valence electrons. The molecule has 3 rings (SSSR count). The number of aromatic amines is 1. The minimum Gasteiger partial charge on any atom is -0.461 e. The number of ether oxygens (including phenoxy) is 1. The summed E-state index contributed by atoms with van der Waals surface area (Å²) in [6, 6.07) is 12.0. The van der Waals surface area contributed by atoms with E-state index in [1.165, 1.54) is 5.56 Å². The van der Waals surface area contributed by atoms with Gasteiger partial charge in [0.25, 0.3) is 0 Å². The first kappa shape index (κ1) is 15.3. The van der Waals surface area contributed by atoms with Crippen molar-refractivity contribution in [2.24, 2.45) is 0 Å². The number of rotatable bonds is 5. The average Bonchev–Trinajstić information content (AvgIpc) is 3.05. The number of hydrogen-bond acceptors (Lipinski definition) is 3. The average molecular weight is 311 g/mol. The number of carbonyl (C=O) groups is 1. The van der Waals surface area contributed by atoms with Gasteiger partial charge in [-0.3, -0.25) is 4.68 Å². The summed E-state index contributed by atoms with van der Waals surface area (Å²) in [5, 5.41) is 4.67. The molecule has 0 spiro atoms. The molecule has 1 aromatic carbocycles. The second-order valence-corrected chi connectivity index (χ2v) is 5.85. The highest BCUT2D eigenvalue weighted by atomic mass is 16.5. The molecule has 3 aromatic rings. The van der Waals surface area contributed by atoms with Gasteiger partial charge in [0.15, 0.2) is 0 Å². The van der Waals surface area contributed by atoms with Crippen LogP contribution in [0.5, 0.6) is 0 Å². The van der Waals surface area contributed by atoms with Crippen LogP contribution in [0.15, 0.2) is 36.4 Å². The zero-order valence-corrected chi connectivity index (χ0v) is 13.7. The number of carbonyl (C=O) groups excluding carboxylic acids is 1. The molecule has 0 aliphatic rings. The van der Waals surface area contributed by atoms with Crippen molar-refractivity contribution in [3.8, 4) is 0 Å². The molecule has 0 fully saturated rings. The van der Waals surface area contributed by atoms with Gasteiger partial charge >= 0.3 is 5.97 Å². The van der Waals surface area contributed by atoms with E-state index in [0.29, 0.717) is 18.8 Å². The zero-order chi connectivity index (χ0) is 16.4. The molecule has 0 saturated carbocycles. The lowest BCUT2D eigenvalue weighted by Gasteiger charge is -2.10. The molecule has 0 radical (unpaired) electrons. The Balaban J connectivity index is 2.01. The van der Waals surface area contributed by atoms with Crippen molar-refractivity contribution in [1.29, 1.82) is 0 Å². The minimum absolute atomic E-state index is 0.289. The lowest BCUT2D eigenvalue weighted by Crippen LogP contribution is -2.09. The molecular formula is C18H21N3O2. The first-order valence-electron chi connectivity index (χ1n) is 7.90. The monoisotopic (exact) mass is 311 g/mol. The van der Waals surface area contributed by atoms with Gasteiger partial charge in [-0.05, 0) is 24.5 Å². The first-order valence-corrected chi connectivity index (χ1v) is 7.90. The maximum atomic E-state index is 11.9. The Morgan fingerprint density at radius 1 is 1.30 bits per heavy atom. The normalized spacial score (nSPS) is 11.3. The molecular weight excluding hydrogens is 290 g/mol. The van der Waals surface area contributed by atoms with Gasteiger partial charge < -0.3 is 9.72 Å². The standard InChI is InChI=1S/C18H21N3O2/c1-4-23-18(22)15-10-14-16(19-15)17(12(2)3)21(20-14)11-13-8-6-5-7-9-13/h5-10,12,19H,4,11H2,1-3H3. The molecule has 0 unspecified atom stereocenters. The third-order valence-electron chi connectivity index (χ3n) is 3.78. The molecule has 2 aromatic heterocycles. The second-order valence-electron chi connectivity index (χ2n) is 5.85. The molecule has 2 heterocycles. The van der Waals surface area contributed by atoms with E-state index in [9.17, 15) is 4.79 Å². The maximum Gasteiger partial charge on any atom is 0.354 e. The first-order chi connectivity index (χ1) is 11.1. The number of aromatic nitrogens is 3. The van der Waals surface area contributed by atoms with Crippen LogP contribution in [0.2, 0.25) is 0 Å². The minimum atomic E-state index is -0.338. The Bertz CT molecular complexity index is 816. The van der Waals surface area contributed by atoms with Crippen LogP contribution in [-0.4, -0.2) is 27.3 Å². The largest absolute Gasteiger partial charge is 0.461 e. The van der Waals surface area contributed by atoms with Gasteiger partial charge in [-0.25, -0.2) is 4.79 Å². The number of benzene rings is 1. The van der Waals surface area contributed by atoms with Crippen LogP contribution in [0.1, 0.15) is 48.4 Å². The third kappa shape index (κ3) is 2.99. The summed E-state index contributed by atoms with van der Waals surface area (Å²) in [5.41, 5.74) is 4.47. The highest BCUT2D eigenvalue weighted by molar-refractivity contribution is 5.94. The lowest BCUT2D eigenvalue weighted by molar-refractivity contribution is 0.0520. The maximum absolute atomic E-state index is 11.9. The predicted molar refractivity (Wildman–Crippen MR) is 89.7 cm³/mol. The molecule has 23 heavy (non-hydrogen) atoms. The van der Waals surface area contributed by atoms with Crippen molar-refractivity contribution in [3.05, 3.63) is 53.3 Å². The Morgan fingerprint density at radius 3 is 2.70 bits per heavy atom. The number of esters is 1. The molecule has 0 bridgehead atoms. The number of hydrogen-bond donors (Lipinski definition) is 1. The van der Waals surface area contributed by atoms with Crippen LogP contribution in [0.3, 0.4) is 0 Å². The molecule has 5 heteroatoms. The van der Waals surface area contributed by atoms with E-state index in [4.69, 9.17) is 4.74 Å². The molecule has 5 nitrogen and oxygen atoms in total. The SMILES string of the molecule is CCOC(=O)c1cc2nn(Cc3ccccc3)c(C(C)C)c2[nH]1. The number of nitrogens with zero attached hydrogens (tertiary/aromatic N) is 2. The second kappa shape index (κ2) is 6.28. The van der Waals surface area contributed by atoms with Crippen molar-refractivity contribution >= 4 is 17.0 Å². The Kier molecular flexibility index (Phi) is 4.19. The zero-order valence-electron chi connectivity index (χ0n) is 13.7. The molecule has 0 saturated heterocycles. The van der Waals surface area contributed by atoms with E-state index in [2.05, 4.69) is 36.1 Å². The summed E-state index contributed by atoms with van der Waals surface area (Å²) in [7, 11) is 0. The smallest absolute Gasteiger partial charge is 0.354 e. The number of nitrogens with one attached hydrogen (secondary N) is 1. The van der Waals surface area contributed by atoms with Gasteiger partial charge in [0.1, 0.15) is 11.2 Å². The highest BCUT2D eigenvalue weighted by Gasteiger charge is 2.20. The van der Waals surface area contributed by atoms with Gasteiger partial charge in [-0.2, -0.15) is 5.10 Å². The van der Waals surface area contributed by atoms with Crippen molar-refractivity contribution in [3.63, 3.8) is 0 Å². The quantitative estimate of drug-likeness (QED) is 0.731. The predicted octanol–water partition coefficient (Wildman–Crippen LogP) is 3.71. The van der Waals surface area contributed by atoms with Crippen LogP contribution in [0.25, 0.3) is 11.0 Å². The molecule has 0 atom stereocenters. The van der Waals surface area contributed by atoms with Crippen LogP contribution in [0.4, 0.5) is 0 Å². The van der Waals surface area contributed by atoms with Crippen molar-refractivity contribution in [2.75, 3.05) is 6.61 Å². The fourth-order valence-electron chi connectivity index (χ4n) is 2.81. The molecule has 0 aliphatic carbocycles. The van der Waals surface area contributed by atoms with E-state index in [-0.39, 0.29) is 11.9 Å². The summed E-state index contributed by atoms with van der Waals surface area (Å²) in [5.74, 6) is -0.0489. The topological polar surface area (TPSA) is 59.9 Å². The number of H-pyrrole nitrogens is 1. The lowest BCUT2D eigenvalue weighted by atomic mass is 10.1. The van der Waals surface area contributed by atoms with Crippen LogP contribution < -0.4 is 0 Å². The van der Waals surface area contributed by atoms with E-state index in [0.717, 1.165) is 16.7 Å². The van der Waals surface area contributed by atoms with Gasteiger partial charge in [0.05, 0.1) is 24.4 Å². The Labute approximate surface area is 135 Å². The summed E-state index contributed by atoms with van der Waals surface area (Å²) < 4.78 is 7.06. The fraction of sp³-hybridized carbons (Fsp3) is 0.333. The van der Waals surface area contributed by atoms with Crippen LogP contribution in [0, 0.1) is 0 Å². The van der Waals surface area contributed by atoms with Crippen molar-refractivity contribution < 1.29 is 9.53 Å². The highest BCUT2D eigenvalue weighted by Crippen LogP contribution is 2.26. The summed E-state index contributed by atoms with van der Waals surface area (Å²) in [6.45, 7) is 7.13. The third-order valence-corrected chi connectivity index (χ3v) is 3.78. The number of fused-ring (bicyclic) bond motifs is 1. The fourth-order valence-corrected chi connectivity index (χ4v) is 2.81. The van der Waals surface area contributed by atoms with Crippen molar-refractivity contribution in [2.45, 2.75) is 33.2 Å². The molecule has 0 amide bonds. The molecule has 0 aliphatic heterocycles. The van der Waals surface area contributed by atoms with Crippen LogP contribution >= 0.6 is 0 Å². The van der Waals surface area contributed by atoms with Crippen LogP contribution in [-0.2, 0) is 11.3 Å². The van der Waals surface area contributed by atoms with Crippen molar-refractivity contribution in [1.82, 2.24) is 14.8 Å². The molecule has 1 N–H and O–H groups in total. The summed E-state index contributed by atoms with van der Waals surface area (Å²) in [4.78, 5) is 15.1. The van der Waals surface area contributed by atoms with E-state index in [1.54, 1.807) is 13.0 Å². The summed E-state index contributed by atoms with van der Waals surface area (Å²) >= 11 is 0. The van der Waals surface area contributed by atoms with Gasteiger partial charge in [0, 0.05) is 0 Å². The summed E-state index contributed by atoms with van der Waals surface area (Å²) in [6.07, 6.45) is 0. The van der Waals surface area contributed by atoms with E-state index < -0.39 is 0 Å².